The molecule has 1 unspecified atom stereocenters. The maximum atomic E-state index is 12.2. The van der Waals surface area contributed by atoms with Gasteiger partial charge in [0.25, 0.3) is 0 Å². The van der Waals surface area contributed by atoms with Crippen molar-refractivity contribution in [1.29, 1.82) is 0 Å². The van der Waals surface area contributed by atoms with Gasteiger partial charge in [0.2, 0.25) is 0 Å². The predicted octanol–water partition coefficient (Wildman–Crippen LogP) is 23.8. The van der Waals surface area contributed by atoms with E-state index in [2.05, 4.69) is 0 Å². The summed E-state index contributed by atoms with van der Waals surface area (Å²) in [7, 11) is 0.846. The van der Waals surface area contributed by atoms with E-state index in [1.54, 1.807) is 0 Å². The van der Waals surface area contributed by atoms with Crippen LogP contribution in [0.25, 0.3) is 0 Å². The van der Waals surface area contributed by atoms with Crippen molar-refractivity contribution >= 4 is 56.5 Å². The minimum atomic E-state index is 0.0589. The number of carbonyl (C=O) groups excluding carboxylic acids is 8. The summed E-state index contributed by atoms with van der Waals surface area (Å²) in [4.78, 5) is 94.9. The molecule has 0 saturated carbocycles. The first-order valence-corrected chi connectivity index (χ1v) is 41.5. The Morgan fingerprint density at radius 3 is 0.388 bits per heavy atom. The van der Waals surface area contributed by atoms with Crippen molar-refractivity contribution in [2.75, 3.05) is 0 Å². The summed E-state index contributed by atoms with van der Waals surface area (Å²) in [6.07, 6.45) is 3.34. The van der Waals surface area contributed by atoms with Crippen LogP contribution >= 0.6 is 0 Å². The number of hydrogen-bond acceptors (Lipinski definition) is 8. The highest BCUT2D eigenvalue weighted by Crippen LogP contribution is 2.19. The van der Waals surface area contributed by atoms with E-state index in [-0.39, 0.29) is 51.8 Å². The van der Waals surface area contributed by atoms with Crippen LogP contribution in [0.2, 0.25) is 0 Å². The SMILES string of the molecule is O=C(Cc1ccccc1)c1ccccc1.O=C(Cc1ccccc1)c1ccccc1.O=C(Cc1ccccc1)c1ccccc1.O=C(Cc1ccccc1)c1ccccc1.O=C(Cc1ccccc1)c1ccccc1.O=C(Cc1ccccc1)c1ccccc1.O=C(Cc1ccccc1)c1ccccc1.O=C(c1ccccc1)C([SiH3])c1ccccc1. The van der Waals surface area contributed by atoms with Gasteiger partial charge in [0.1, 0.15) is 0 Å². The summed E-state index contributed by atoms with van der Waals surface area (Å²) in [5.41, 5.74) is 14.9. The quantitative estimate of drug-likeness (QED) is 0.0431. The van der Waals surface area contributed by atoms with Gasteiger partial charge in [-0.15, -0.1) is 0 Å². The van der Waals surface area contributed by atoms with Crippen LogP contribution in [0.15, 0.2) is 485 Å². The zero-order valence-electron chi connectivity index (χ0n) is 68.0. The van der Waals surface area contributed by atoms with Crippen LogP contribution in [-0.4, -0.2) is 56.5 Å². The molecular weight excluding hydrogens is 1500 g/mol. The Morgan fingerprint density at radius 1 is 0.149 bits per heavy atom. The van der Waals surface area contributed by atoms with Crippen LogP contribution < -0.4 is 0 Å². The smallest absolute Gasteiger partial charge is 0.167 e. The molecule has 16 rings (SSSR count). The van der Waals surface area contributed by atoms with Gasteiger partial charge < -0.3 is 0 Å². The van der Waals surface area contributed by atoms with Gasteiger partial charge in [0.15, 0.2) is 46.3 Å². The van der Waals surface area contributed by atoms with E-state index in [1.165, 1.54) is 0 Å². The van der Waals surface area contributed by atoms with E-state index in [9.17, 15) is 38.4 Å². The van der Waals surface area contributed by atoms with Gasteiger partial charge in [-0.05, 0) is 44.5 Å². The number of Topliss-reactive ketones (excluding diaryl/α,β-unsaturated/α-hetero) is 8. The van der Waals surface area contributed by atoms with Crippen molar-refractivity contribution in [3.8, 4) is 0 Å². The van der Waals surface area contributed by atoms with Gasteiger partial charge in [-0.3, -0.25) is 38.4 Å². The lowest BCUT2D eigenvalue weighted by molar-refractivity contribution is 0.0979. The molecule has 8 nitrogen and oxygen atoms in total. The van der Waals surface area contributed by atoms with Gasteiger partial charge in [-0.2, -0.15) is 0 Å². The maximum Gasteiger partial charge on any atom is 0.167 e. The van der Waals surface area contributed by atoms with E-state index >= 15 is 0 Å². The Labute approximate surface area is 715 Å². The highest BCUT2D eigenvalue weighted by atomic mass is 28.1. The van der Waals surface area contributed by atoms with E-state index < -0.39 is 0 Å². The predicted molar refractivity (Wildman–Crippen MR) is 496 cm³/mol. The topological polar surface area (TPSA) is 137 Å². The molecule has 16 aromatic rings. The number of carbonyl (C=O) groups is 8. The first kappa shape index (κ1) is 90.0. The molecule has 0 bridgehead atoms. The Bertz CT molecular complexity index is 4760. The molecule has 0 aliphatic heterocycles. The lowest BCUT2D eigenvalue weighted by atomic mass is 10.0. The second-order valence-electron chi connectivity index (χ2n) is 28.0. The lowest BCUT2D eigenvalue weighted by Crippen LogP contribution is -2.12. The summed E-state index contributed by atoms with van der Waals surface area (Å²) >= 11 is 0. The summed E-state index contributed by atoms with van der Waals surface area (Å²) in [5.74, 6) is 1.41. The highest BCUT2D eigenvalue weighted by molar-refractivity contribution is 6.28. The van der Waals surface area contributed by atoms with E-state index in [1.807, 2.05) is 485 Å². The zero-order valence-corrected chi connectivity index (χ0v) is 70.0. The maximum absolute atomic E-state index is 12.2. The second kappa shape index (κ2) is 52.6. The molecule has 0 amide bonds. The summed E-state index contributed by atoms with van der Waals surface area (Å²) < 4.78 is 0. The number of hydrogen-bond donors (Lipinski definition) is 0. The Morgan fingerprint density at radius 2 is 0.256 bits per heavy atom. The van der Waals surface area contributed by atoms with Crippen LogP contribution in [0.1, 0.15) is 133 Å². The molecule has 121 heavy (non-hydrogen) atoms. The molecule has 0 N–H and O–H groups in total. The van der Waals surface area contributed by atoms with Gasteiger partial charge in [0.05, 0.1) is 0 Å². The van der Waals surface area contributed by atoms with Gasteiger partial charge in [-0.1, -0.05) is 485 Å². The van der Waals surface area contributed by atoms with Crippen LogP contribution in [0.3, 0.4) is 0 Å². The Kier molecular flexibility index (Phi) is 39.2. The van der Waals surface area contributed by atoms with Crippen LogP contribution in [0.4, 0.5) is 0 Å². The van der Waals surface area contributed by atoms with Crippen molar-refractivity contribution in [3.05, 3.63) is 574 Å². The fraction of sp³-hybridized carbons (Fsp3) is 0.0714. The third-order valence-corrected chi connectivity index (χ3v) is 20.1. The average molecular weight is 1600 g/mol. The summed E-state index contributed by atoms with van der Waals surface area (Å²) in [6.45, 7) is 0. The van der Waals surface area contributed by atoms with E-state index in [0.717, 1.165) is 99.3 Å². The molecule has 0 aliphatic rings. The largest absolute Gasteiger partial charge is 0.294 e. The van der Waals surface area contributed by atoms with Crippen molar-refractivity contribution in [1.82, 2.24) is 0 Å². The molecule has 0 spiro atoms. The molecule has 0 radical (unpaired) electrons. The normalized spacial score (nSPS) is 10.2. The third-order valence-electron chi connectivity index (χ3n) is 18.9. The van der Waals surface area contributed by atoms with E-state index in [0.29, 0.717) is 44.9 Å². The number of ketones is 8. The lowest BCUT2D eigenvalue weighted by Gasteiger charge is -2.10. The molecule has 0 aromatic heterocycles. The minimum Gasteiger partial charge on any atom is -0.294 e. The van der Waals surface area contributed by atoms with E-state index in [4.69, 9.17) is 0 Å². The zero-order chi connectivity index (χ0) is 85.0. The van der Waals surface area contributed by atoms with Gasteiger partial charge in [-0.25, -0.2) is 0 Å². The Balaban J connectivity index is 0.000000157. The van der Waals surface area contributed by atoms with Crippen LogP contribution in [0.5, 0.6) is 0 Å². The summed E-state index contributed by atoms with van der Waals surface area (Å²) in [6, 6.07) is 154. The molecule has 0 fully saturated rings. The van der Waals surface area contributed by atoms with Crippen molar-refractivity contribution in [2.45, 2.75) is 50.5 Å². The summed E-state index contributed by atoms with van der Waals surface area (Å²) in [5, 5.41) is 0. The molecule has 9 heteroatoms. The minimum absolute atomic E-state index is 0.0589. The third kappa shape index (κ3) is 34.1. The second-order valence-corrected chi connectivity index (χ2v) is 29.2. The molecule has 0 heterocycles. The first-order chi connectivity index (χ1) is 59.3. The highest BCUT2D eigenvalue weighted by Gasteiger charge is 2.17. The first-order valence-electron chi connectivity index (χ1n) is 40.3. The fourth-order valence-electron chi connectivity index (χ4n) is 12.3. The number of rotatable bonds is 24. The van der Waals surface area contributed by atoms with Gasteiger partial charge in [0, 0.05) is 105 Å². The van der Waals surface area contributed by atoms with Crippen molar-refractivity contribution in [2.24, 2.45) is 0 Å². The van der Waals surface area contributed by atoms with Gasteiger partial charge >= 0.3 is 0 Å². The molecule has 598 valence electrons. The monoisotopic (exact) mass is 1600 g/mol. The van der Waals surface area contributed by atoms with Crippen LogP contribution in [-0.2, 0) is 44.9 Å². The van der Waals surface area contributed by atoms with Crippen molar-refractivity contribution < 1.29 is 38.4 Å². The molecule has 0 aliphatic carbocycles. The Hall–Kier alpha value is -14.9. The fourth-order valence-corrected chi connectivity index (χ4v) is 13.0. The molecular formula is C112H98O8Si. The van der Waals surface area contributed by atoms with Crippen LogP contribution in [0, 0.1) is 0 Å². The molecule has 16 aromatic carbocycles. The molecule has 0 saturated heterocycles. The standard InChI is InChI=1S/C14H14OSi.7C14H12O/c15-13(11-7-3-1-4-8-11)14(16)12-9-5-2-6-10-12;7*15-14(13-9-5-2-6-10-13)11-12-7-3-1-4-8-12/h1-10,14H,16H3;7*1-10H,11H2. The number of benzene rings is 16. The average Bonchev–Trinajstić information content (AvgIpc) is 0.850. The van der Waals surface area contributed by atoms with Crippen molar-refractivity contribution in [3.63, 3.8) is 0 Å². The molecule has 1 atom stereocenters.